The van der Waals surface area contributed by atoms with E-state index in [1.54, 1.807) is 13.8 Å². The number of ether oxygens (including phenoxy) is 2. The summed E-state index contributed by atoms with van der Waals surface area (Å²) < 4.78 is 10.7. The highest BCUT2D eigenvalue weighted by atomic mass is 16.5. The molecule has 174 valence electrons. The van der Waals surface area contributed by atoms with Crippen LogP contribution in [0, 0.1) is 5.92 Å². The summed E-state index contributed by atoms with van der Waals surface area (Å²) in [4.78, 5) is 36.4. The summed E-state index contributed by atoms with van der Waals surface area (Å²) >= 11 is 0. The van der Waals surface area contributed by atoms with Crippen LogP contribution < -0.4 is 10.6 Å². The van der Waals surface area contributed by atoms with E-state index in [0.717, 1.165) is 22.3 Å². The molecule has 2 atom stereocenters. The zero-order valence-electron chi connectivity index (χ0n) is 18.7. The molecule has 0 saturated carbocycles. The third-order valence-electron chi connectivity index (χ3n) is 6.31. The quantitative estimate of drug-likeness (QED) is 0.595. The summed E-state index contributed by atoms with van der Waals surface area (Å²) in [6.45, 7) is 3.80. The maximum absolute atomic E-state index is 12.7. The van der Waals surface area contributed by atoms with Gasteiger partial charge in [-0.15, -0.1) is 0 Å². The first-order valence-corrected chi connectivity index (χ1v) is 11.0. The number of carboxylic acids is 1. The van der Waals surface area contributed by atoms with Gasteiger partial charge in [0.2, 0.25) is 5.91 Å². The summed E-state index contributed by atoms with van der Waals surface area (Å²) in [7, 11) is 0. The highest BCUT2D eigenvalue weighted by molar-refractivity contribution is 5.89. The Morgan fingerprint density at radius 3 is 2.27 bits per heavy atom. The second-order valence-corrected chi connectivity index (χ2v) is 8.96. The van der Waals surface area contributed by atoms with Gasteiger partial charge in [0, 0.05) is 25.0 Å². The third-order valence-corrected chi connectivity index (χ3v) is 6.31. The average Bonchev–Trinajstić information content (AvgIpc) is 3.38. The van der Waals surface area contributed by atoms with Crippen molar-refractivity contribution in [2.24, 2.45) is 5.92 Å². The number of nitrogens with one attached hydrogen (secondary N) is 2. The largest absolute Gasteiger partial charge is 0.479 e. The zero-order valence-corrected chi connectivity index (χ0v) is 18.7. The number of hydrogen-bond donors (Lipinski definition) is 3. The van der Waals surface area contributed by atoms with E-state index in [0.29, 0.717) is 13.0 Å². The van der Waals surface area contributed by atoms with Gasteiger partial charge < -0.3 is 25.2 Å². The molecule has 2 aromatic carbocycles. The lowest BCUT2D eigenvalue weighted by Gasteiger charge is -2.26. The molecule has 0 unspecified atom stereocenters. The highest BCUT2D eigenvalue weighted by Gasteiger charge is 2.36. The molecule has 0 radical (unpaired) electrons. The number of hydrogen-bond acceptors (Lipinski definition) is 5. The number of rotatable bonds is 7. The molecule has 33 heavy (non-hydrogen) atoms. The van der Waals surface area contributed by atoms with Crippen LogP contribution in [0.5, 0.6) is 0 Å². The molecule has 3 N–H and O–H groups in total. The van der Waals surface area contributed by atoms with Crippen LogP contribution in [0.3, 0.4) is 0 Å². The Labute approximate surface area is 192 Å². The van der Waals surface area contributed by atoms with Gasteiger partial charge in [-0.25, -0.2) is 9.59 Å². The van der Waals surface area contributed by atoms with E-state index in [4.69, 9.17) is 9.47 Å². The minimum absolute atomic E-state index is 0.0737. The molecule has 4 rings (SSSR count). The van der Waals surface area contributed by atoms with Gasteiger partial charge in [0.05, 0.1) is 0 Å². The molecular weight excluding hydrogens is 424 g/mol. The minimum Gasteiger partial charge on any atom is -0.479 e. The number of fused-ring (bicyclic) bond motifs is 3. The number of aliphatic carboxylic acids is 1. The van der Waals surface area contributed by atoms with Gasteiger partial charge in [0.15, 0.2) is 6.10 Å². The van der Waals surface area contributed by atoms with Crippen LogP contribution >= 0.6 is 0 Å². The van der Waals surface area contributed by atoms with Crippen LogP contribution in [0.2, 0.25) is 0 Å². The molecular formula is C25H28N2O6. The Morgan fingerprint density at radius 1 is 1.06 bits per heavy atom. The van der Waals surface area contributed by atoms with Crippen molar-refractivity contribution in [1.29, 1.82) is 0 Å². The van der Waals surface area contributed by atoms with Gasteiger partial charge in [-0.05, 0) is 42.5 Å². The molecule has 1 saturated heterocycles. The van der Waals surface area contributed by atoms with Crippen LogP contribution in [0.1, 0.15) is 37.3 Å². The van der Waals surface area contributed by atoms with Crippen LogP contribution in [0.15, 0.2) is 48.5 Å². The number of carbonyl (C=O) groups excluding carboxylic acids is 2. The number of alkyl carbamates (subject to hydrolysis) is 1. The van der Waals surface area contributed by atoms with Crippen molar-refractivity contribution in [1.82, 2.24) is 10.6 Å². The second kappa shape index (κ2) is 9.23. The Hall–Kier alpha value is -3.39. The Balaban J connectivity index is 1.33. The number of carbonyl (C=O) groups is 3. The number of amides is 2. The van der Waals surface area contributed by atoms with E-state index in [9.17, 15) is 19.5 Å². The molecule has 2 aliphatic rings. The number of carboxylic acid groups (broad SMARTS) is 1. The van der Waals surface area contributed by atoms with Crippen molar-refractivity contribution < 1.29 is 29.0 Å². The molecule has 1 aliphatic carbocycles. The SMILES string of the molecule is CC(C)(NC(=O)OCC1c2ccccc2-c2ccccc21)C(=O)NC[C@H]1CCO[C@H]1C(=O)O. The van der Waals surface area contributed by atoms with Gasteiger partial charge >= 0.3 is 12.1 Å². The summed E-state index contributed by atoms with van der Waals surface area (Å²) in [5.41, 5.74) is 3.25. The molecule has 0 aromatic heterocycles. The fourth-order valence-corrected chi connectivity index (χ4v) is 4.51. The Kier molecular flexibility index (Phi) is 6.37. The normalized spacial score (nSPS) is 19.5. The van der Waals surface area contributed by atoms with Gasteiger partial charge in [-0.3, -0.25) is 4.79 Å². The van der Waals surface area contributed by atoms with E-state index < -0.39 is 29.6 Å². The molecule has 8 nitrogen and oxygen atoms in total. The van der Waals surface area contributed by atoms with Gasteiger partial charge in [0.25, 0.3) is 0 Å². The summed E-state index contributed by atoms with van der Waals surface area (Å²) in [6.07, 6.45) is -1.06. The maximum atomic E-state index is 12.7. The predicted octanol–water partition coefficient (Wildman–Crippen LogP) is 2.91. The Morgan fingerprint density at radius 2 is 1.67 bits per heavy atom. The minimum atomic E-state index is -1.24. The Bertz CT molecular complexity index is 1020. The smallest absolute Gasteiger partial charge is 0.408 e. The first-order valence-electron chi connectivity index (χ1n) is 11.0. The van der Waals surface area contributed by atoms with E-state index in [1.807, 2.05) is 36.4 Å². The molecule has 0 bridgehead atoms. The summed E-state index contributed by atoms with van der Waals surface area (Å²) in [5.74, 6) is -1.85. The van der Waals surface area contributed by atoms with Gasteiger partial charge in [-0.1, -0.05) is 48.5 Å². The lowest BCUT2D eigenvalue weighted by atomic mass is 9.98. The average molecular weight is 453 g/mol. The summed E-state index contributed by atoms with van der Waals surface area (Å²) in [5, 5.41) is 14.5. The molecule has 2 amide bonds. The van der Waals surface area contributed by atoms with E-state index in [-0.39, 0.29) is 25.0 Å². The van der Waals surface area contributed by atoms with Crippen molar-refractivity contribution in [2.75, 3.05) is 19.8 Å². The first kappa shape index (κ1) is 22.8. The van der Waals surface area contributed by atoms with Crippen LogP contribution in [-0.2, 0) is 19.1 Å². The molecule has 1 fully saturated rings. The molecule has 0 spiro atoms. The van der Waals surface area contributed by atoms with E-state index in [1.165, 1.54) is 0 Å². The van der Waals surface area contributed by atoms with Crippen molar-refractivity contribution in [2.45, 2.75) is 37.8 Å². The van der Waals surface area contributed by atoms with Crippen molar-refractivity contribution in [3.8, 4) is 11.1 Å². The lowest BCUT2D eigenvalue weighted by molar-refractivity contribution is -0.149. The monoisotopic (exact) mass is 452 g/mol. The zero-order chi connectivity index (χ0) is 23.6. The molecule has 1 heterocycles. The fraction of sp³-hybridized carbons (Fsp3) is 0.400. The standard InChI is InChI=1S/C25H28N2O6/c1-25(2,23(30)26-13-15-11-12-32-21(15)22(28)29)27-24(31)33-14-20-18-9-5-3-7-16(18)17-8-4-6-10-19(17)20/h3-10,15,20-21H,11-14H2,1-2H3,(H,26,30)(H,27,31)(H,28,29)/t15-,21-/m1/s1. The van der Waals surface area contributed by atoms with E-state index in [2.05, 4.69) is 22.8 Å². The molecule has 1 aliphatic heterocycles. The highest BCUT2D eigenvalue weighted by Crippen LogP contribution is 2.44. The van der Waals surface area contributed by atoms with Gasteiger partial charge in [0.1, 0.15) is 12.1 Å². The molecule has 8 heteroatoms. The third kappa shape index (κ3) is 4.71. The van der Waals surface area contributed by atoms with Gasteiger partial charge in [-0.2, -0.15) is 0 Å². The van der Waals surface area contributed by atoms with Crippen LogP contribution in [0.25, 0.3) is 11.1 Å². The first-order chi connectivity index (χ1) is 15.8. The number of benzene rings is 2. The predicted molar refractivity (Wildman–Crippen MR) is 121 cm³/mol. The lowest BCUT2D eigenvalue weighted by Crippen LogP contribution is -2.55. The summed E-state index contributed by atoms with van der Waals surface area (Å²) in [6, 6.07) is 16.1. The van der Waals surface area contributed by atoms with Crippen LogP contribution in [-0.4, -0.2) is 54.5 Å². The van der Waals surface area contributed by atoms with Crippen LogP contribution in [0.4, 0.5) is 4.79 Å². The van der Waals surface area contributed by atoms with Crippen molar-refractivity contribution >= 4 is 18.0 Å². The van der Waals surface area contributed by atoms with Crippen molar-refractivity contribution in [3.05, 3.63) is 59.7 Å². The second-order valence-electron chi connectivity index (χ2n) is 8.96. The molecule has 2 aromatic rings. The fourth-order valence-electron chi connectivity index (χ4n) is 4.51. The van der Waals surface area contributed by atoms with Crippen molar-refractivity contribution in [3.63, 3.8) is 0 Å². The van der Waals surface area contributed by atoms with E-state index >= 15 is 0 Å². The topological polar surface area (TPSA) is 114 Å². The maximum Gasteiger partial charge on any atom is 0.408 e.